The molecule has 68 heavy (non-hydrogen) atoms. The van der Waals surface area contributed by atoms with E-state index in [1.165, 1.54) is 41.6 Å². The van der Waals surface area contributed by atoms with Gasteiger partial charge in [0.1, 0.15) is 29.8 Å². The summed E-state index contributed by atoms with van der Waals surface area (Å²) in [7, 11) is 0. The third kappa shape index (κ3) is 6.02. The van der Waals surface area contributed by atoms with Gasteiger partial charge >= 0.3 is 11.9 Å². The molecule has 1 amide bonds. The lowest BCUT2D eigenvalue weighted by molar-refractivity contribution is -0.422. The Labute approximate surface area is 390 Å². The predicted molar refractivity (Wildman–Crippen MR) is 240 cm³/mol. The molecule has 0 radical (unpaired) electrons. The van der Waals surface area contributed by atoms with E-state index in [0.717, 1.165) is 48.1 Å². The highest BCUT2D eigenvalue weighted by molar-refractivity contribution is 6.13. The number of hydrogen-bond donors (Lipinski definition) is 11. The number of carbonyl (C=O) groups is 2. The number of amides is 1. The summed E-state index contributed by atoms with van der Waals surface area (Å²) < 4.78 is 11.2. The lowest BCUT2D eigenvalue weighted by Gasteiger charge is -2.71. The number of anilines is 1. The van der Waals surface area contributed by atoms with Crippen molar-refractivity contribution in [1.82, 2.24) is 9.97 Å². The molecule has 7 aliphatic rings. The zero-order chi connectivity index (χ0) is 47.7. The molecule has 1 spiro atoms. The van der Waals surface area contributed by atoms with Crippen LogP contribution in [0.3, 0.4) is 0 Å². The van der Waals surface area contributed by atoms with E-state index in [1.807, 2.05) is 12.1 Å². The zero-order valence-corrected chi connectivity index (χ0v) is 37.0. The second-order valence-corrected chi connectivity index (χ2v) is 20.1. The number of phenols is 3. The molecule has 2 bridgehead atoms. The number of carboxylic acid groups (broad SMARTS) is 1. The summed E-state index contributed by atoms with van der Waals surface area (Å²) in [6.07, 6.45) is 5.44. The topological polar surface area (TPSA) is 287 Å². The molecule has 0 unspecified atom stereocenters. The van der Waals surface area contributed by atoms with Crippen LogP contribution in [0.1, 0.15) is 84.4 Å². The number of aliphatic carboxylic acids is 1. The summed E-state index contributed by atoms with van der Waals surface area (Å²) in [5, 5.41) is 112. The molecule has 2 aliphatic heterocycles. The first-order chi connectivity index (χ1) is 32.6. The Bertz CT molecular complexity index is 2760. The first kappa shape index (κ1) is 44.7. The number of imidazole rings is 1. The standard InChI is InChI=1S/C51H55N3O14/c55-22-26-13-30-16-28-15-27-4-3-6-37(58)42(27)48(11-2-1-5-34(28)48)50(30)31(14-26)20-49(47(64)65)45(50)33-18-38(59)39(67-51(66)46(63)44(62)43(61)40(23-56)68-51)19-35(33)54(49)41(60)10-8-25-7-9-36(57)29(12-25)17-32-21-52-24-53-32/h3-4,6-10,12,18-21,24,26,28,30,34,40,43-46,55-59,61-63,66H,1-2,5,11,13-17,22-23H2,(H,52,53)(H,64,65)/b10-8+/t26-,28-,30-,34-,40-,43-,44+,45-,46-,48+,49-,50+,51+/m1/s1. The van der Waals surface area contributed by atoms with E-state index in [-0.39, 0.29) is 53.0 Å². The minimum Gasteiger partial charge on any atom is -0.508 e. The van der Waals surface area contributed by atoms with Crippen LogP contribution in [0.5, 0.6) is 23.0 Å². The molecule has 11 rings (SSSR count). The SMILES string of the molecule is O=C(/C=C/c1ccc(O)c(Cc2cnc[nH]2)c1)N1c2cc(O[C@]3(O)O[C@H](CO)[C@@H](O)[C@H](O)[C@H]3O)c(O)cc2[C@H]2[C@@]34C(=C[C@]21C(=O)O)C[C@H](CO)C[C@@H]3C[C@H]1Cc2cccc(O)c2[C@@]42CCCC[C@H]12. The summed E-state index contributed by atoms with van der Waals surface area (Å²) >= 11 is 0. The number of aromatic nitrogens is 2. The number of carbonyl (C=O) groups excluding carboxylic acids is 1. The van der Waals surface area contributed by atoms with E-state index in [9.17, 15) is 55.9 Å². The van der Waals surface area contributed by atoms with Gasteiger partial charge in [0, 0.05) is 64.9 Å². The maximum absolute atomic E-state index is 15.4. The molecule has 13 atom stereocenters. The number of allylic oxidation sites excluding steroid dienone is 1. The molecule has 17 nitrogen and oxygen atoms in total. The molecule has 1 aromatic heterocycles. The maximum atomic E-state index is 15.4. The Morgan fingerprint density at radius 1 is 0.956 bits per heavy atom. The summed E-state index contributed by atoms with van der Waals surface area (Å²) in [5.74, 6) is -7.77. The van der Waals surface area contributed by atoms with E-state index in [2.05, 4.69) is 9.97 Å². The van der Waals surface area contributed by atoms with Gasteiger partial charge in [-0.05, 0) is 115 Å². The van der Waals surface area contributed by atoms with Crippen LogP contribution in [0, 0.1) is 29.1 Å². The molecule has 3 aromatic carbocycles. The average molecular weight is 934 g/mol. The average Bonchev–Trinajstić information content (AvgIpc) is 4.02. The number of carboxylic acids is 1. The number of aliphatic hydroxyl groups excluding tert-OH is 5. The van der Waals surface area contributed by atoms with Crippen LogP contribution >= 0.6 is 0 Å². The molecule has 3 saturated carbocycles. The Morgan fingerprint density at radius 2 is 1.78 bits per heavy atom. The highest BCUT2D eigenvalue weighted by Gasteiger charge is 2.80. The van der Waals surface area contributed by atoms with Crippen molar-refractivity contribution in [1.29, 1.82) is 0 Å². The van der Waals surface area contributed by atoms with E-state index in [1.54, 1.807) is 30.5 Å². The third-order valence-electron chi connectivity index (χ3n) is 17.0. The summed E-state index contributed by atoms with van der Waals surface area (Å²) in [6.45, 7) is -1.05. The number of benzene rings is 3. The largest absolute Gasteiger partial charge is 0.508 e. The lowest BCUT2D eigenvalue weighted by atomic mass is 9.32. The zero-order valence-electron chi connectivity index (χ0n) is 37.0. The summed E-state index contributed by atoms with van der Waals surface area (Å²) in [4.78, 5) is 38.5. The van der Waals surface area contributed by atoms with Crippen LogP contribution in [0.2, 0.25) is 0 Å². The Kier molecular flexibility index (Phi) is 10.4. The Balaban J connectivity index is 1.13. The van der Waals surface area contributed by atoms with E-state index >= 15 is 4.79 Å². The van der Waals surface area contributed by atoms with Crippen molar-refractivity contribution >= 4 is 23.6 Å². The van der Waals surface area contributed by atoms with Gasteiger partial charge in [0.25, 0.3) is 5.91 Å². The maximum Gasteiger partial charge on any atom is 0.355 e. The van der Waals surface area contributed by atoms with Gasteiger partial charge in [-0.25, -0.2) is 9.78 Å². The molecule has 5 aliphatic carbocycles. The van der Waals surface area contributed by atoms with E-state index in [0.29, 0.717) is 43.2 Å². The van der Waals surface area contributed by atoms with Gasteiger partial charge in [-0.3, -0.25) is 9.69 Å². The highest BCUT2D eigenvalue weighted by atomic mass is 16.8. The van der Waals surface area contributed by atoms with Gasteiger partial charge in [0.05, 0.1) is 18.6 Å². The van der Waals surface area contributed by atoms with Gasteiger partial charge in [-0.1, -0.05) is 36.6 Å². The molecule has 4 fully saturated rings. The summed E-state index contributed by atoms with van der Waals surface area (Å²) in [6, 6.07) is 12.9. The Morgan fingerprint density at radius 3 is 2.53 bits per heavy atom. The second-order valence-electron chi connectivity index (χ2n) is 20.1. The molecule has 3 heterocycles. The smallest absolute Gasteiger partial charge is 0.355 e. The minimum atomic E-state index is -3.17. The molecule has 4 aromatic rings. The van der Waals surface area contributed by atoms with Crippen molar-refractivity contribution in [3.63, 3.8) is 0 Å². The quantitative estimate of drug-likeness (QED) is 0.0653. The van der Waals surface area contributed by atoms with Gasteiger partial charge < -0.3 is 65.5 Å². The number of phenolic OH excluding ortho intramolecular Hbond substituents is 3. The minimum absolute atomic E-state index is 0.00872. The monoisotopic (exact) mass is 933 g/mol. The normalized spacial score (nSPS) is 36.5. The number of aromatic hydroxyl groups is 3. The van der Waals surface area contributed by atoms with Crippen LogP contribution in [-0.2, 0) is 32.6 Å². The van der Waals surface area contributed by atoms with Crippen molar-refractivity contribution in [2.24, 2.45) is 29.1 Å². The molecule has 1 saturated heterocycles. The molecule has 11 N–H and O–H groups in total. The molecule has 358 valence electrons. The number of aromatic amines is 1. The highest BCUT2D eigenvalue weighted by Crippen LogP contribution is 2.82. The summed E-state index contributed by atoms with van der Waals surface area (Å²) in [5.41, 5.74) is 0.502. The van der Waals surface area contributed by atoms with Crippen LogP contribution in [-0.4, -0.2) is 122 Å². The number of hydrogen-bond acceptors (Lipinski definition) is 14. The van der Waals surface area contributed by atoms with Gasteiger partial charge in [0.2, 0.25) is 0 Å². The van der Waals surface area contributed by atoms with Gasteiger partial charge in [-0.2, -0.15) is 0 Å². The fraction of sp³-hybridized carbons (Fsp3) is 0.471. The van der Waals surface area contributed by atoms with E-state index in [4.69, 9.17) is 9.47 Å². The van der Waals surface area contributed by atoms with Crippen molar-refractivity contribution in [3.05, 3.63) is 112 Å². The van der Waals surface area contributed by atoms with Crippen LogP contribution in [0.4, 0.5) is 5.69 Å². The number of H-pyrrole nitrogens is 1. The number of rotatable bonds is 9. The number of ether oxygens (including phenoxy) is 2. The fourth-order valence-electron chi connectivity index (χ4n) is 14.8. The van der Waals surface area contributed by atoms with Crippen molar-refractivity contribution in [2.75, 3.05) is 18.1 Å². The van der Waals surface area contributed by atoms with E-state index < -0.39 is 82.7 Å². The number of fused-ring (bicyclic) bond motifs is 4. The molecular formula is C51H55N3O14. The van der Waals surface area contributed by atoms with Crippen molar-refractivity contribution < 1.29 is 70.1 Å². The first-order valence-corrected chi connectivity index (χ1v) is 23.4. The fourth-order valence-corrected chi connectivity index (χ4v) is 14.8. The Hall–Kier alpha value is -5.79. The second kappa shape index (κ2) is 15.9. The molecule has 17 heteroatoms. The lowest BCUT2D eigenvalue weighted by Crippen LogP contribution is -2.69. The molecular weight excluding hydrogens is 879 g/mol. The van der Waals surface area contributed by atoms with Crippen LogP contribution < -0.4 is 9.64 Å². The number of nitrogens with one attached hydrogen (secondary N) is 1. The van der Waals surface area contributed by atoms with Gasteiger partial charge in [-0.15, -0.1) is 0 Å². The predicted octanol–water partition coefficient (Wildman–Crippen LogP) is 3.23. The van der Waals surface area contributed by atoms with Crippen LogP contribution in [0.15, 0.2) is 78.8 Å². The number of nitrogens with zero attached hydrogens (tertiary/aromatic N) is 2. The first-order valence-electron chi connectivity index (χ1n) is 23.4. The van der Waals surface area contributed by atoms with Crippen LogP contribution in [0.25, 0.3) is 6.08 Å². The third-order valence-corrected chi connectivity index (χ3v) is 17.0. The number of aliphatic hydroxyl groups is 6. The van der Waals surface area contributed by atoms with Crippen molar-refractivity contribution in [2.45, 2.75) is 105 Å². The van der Waals surface area contributed by atoms with Crippen molar-refractivity contribution in [3.8, 4) is 23.0 Å². The van der Waals surface area contributed by atoms with Gasteiger partial charge in [0.15, 0.2) is 23.1 Å².